The Bertz CT molecular complexity index is 750. The molecular weight excluding hydrogens is 345 g/mol. The van der Waals surface area contributed by atoms with Gasteiger partial charge >= 0.3 is 5.97 Å². The van der Waals surface area contributed by atoms with Crippen molar-refractivity contribution in [3.8, 4) is 0 Å². The quantitative estimate of drug-likeness (QED) is 0.779. The van der Waals surface area contributed by atoms with E-state index in [2.05, 4.69) is 5.32 Å². The summed E-state index contributed by atoms with van der Waals surface area (Å²) in [5, 5.41) is 2.78. The van der Waals surface area contributed by atoms with E-state index in [4.69, 9.17) is 16.3 Å². The largest absolute Gasteiger partial charge is 0.463 e. The van der Waals surface area contributed by atoms with E-state index in [0.29, 0.717) is 0 Å². The summed E-state index contributed by atoms with van der Waals surface area (Å²) in [7, 11) is 0. The second-order valence-electron chi connectivity index (χ2n) is 5.80. The highest BCUT2D eigenvalue weighted by atomic mass is 35.5. The van der Waals surface area contributed by atoms with Gasteiger partial charge in [-0.05, 0) is 37.6 Å². The highest BCUT2D eigenvalue weighted by Gasteiger charge is 2.21. The van der Waals surface area contributed by atoms with Crippen LogP contribution in [0.3, 0.4) is 0 Å². The molecule has 0 heterocycles. The van der Waals surface area contributed by atoms with E-state index < -0.39 is 23.7 Å². The molecule has 2 rings (SSSR count). The lowest BCUT2D eigenvalue weighted by Gasteiger charge is -2.20. The molecule has 0 radical (unpaired) electrons. The number of esters is 1. The fraction of sp³-hybridized carbons (Fsp3) is 0.263. The van der Waals surface area contributed by atoms with Crippen LogP contribution in [0.5, 0.6) is 0 Å². The number of amides is 1. The van der Waals surface area contributed by atoms with E-state index in [9.17, 15) is 14.0 Å². The van der Waals surface area contributed by atoms with E-state index >= 15 is 0 Å². The molecule has 6 heteroatoms. The van der Waals surface area contributed by atoms with Gasteiger partial charge < -0.3 is 10.1 Å². The van der Waals surface area contributed by atoms with Crippen LogP contribution in [0.2, 0.25) is 5.02 Å². The van der Waals surface area contributed by atoms with Crippen molar-refractivity contribution in [1.29, 1.82) is 0 Å². The number of benzene rings is 2. The number of hydrogen-bond acceptors (Lipinski definition) is 3. The number of hydrogen-bond donors (Lipinski definition) is 1. The van der Waals surface area contributed by atoms with Crippen LogP contribution in [0.1, 0.15) is 42.2 Å². The fourth-order valence-corrected chi connectivity index (χ4v) is 2.58. The van der Waals surface area contributed by atoms with E-state index in [1.54, 1.807) is 26.0 Å². The first-order valence-corrected chi connectivity index (χ1v) is 8.25. The minimum Gasteiger partial charge on any atom is -0.463 e. The summed E-state index contributed by atoms with van der Waals surface area (Å²) in [6.45, 7) is 3.51. The third-order valence-corrected chi connectivity index (χ3v) is 3.73. The average Bonchev–Trinajstić information content (AvgIpc) is 2.54. The molecule has 0 spiro atoms. The first-order valence-electron chi connectivity index (χ1n) is 7.87. The van der Waals surface area contributed by atoms with Gasteiger partial charge in [0.2, 0.25) is 0 Å². The number of halogens is 2. The molecule has 0 saturated heterocycles. The number of nitrogens with one attached hydrogen (secondary N) is 1. The van der Waals surface area contributed by atoms with Gasteiger partial charge in [0.1, 0.15) is 5.82 Å². The molecule has 2 aromatic rings. The molecule has 0 aliphatic rings. The SMILES string of the molecule is CC(C)OC(=O)CC(NC(=O)c1ccc(F)cc1Cl)c1ccccc1. The zero-order chi connectivity index (χ0) is 18.4. The summed E-state index contributed by atoms with van der Waals surface area (Å²) in [5.41, 5.74) is 0.899. The lowest BCUT2D eigenvalue weighted by Crippen LogP contribution is -2.31. The van der Waals surface area contributed by atoms with Crippen LogP contribution in [0.15, 0.2) is 48.5 Å². The topological polar surface area (TPSA) is 55.4 Å². The van der Waals surface area contributed by atoms with Gasteiger partial charge in [-0.3, -0.25) is 9.59 Å². The van der Waals surface area contributed by atoms with Crippen LogP contribution in [-0.2, 0) is 9.53 Å². The molecule has 0 bridgehead atoms. The molecular formula is C19H19ClFNO3. The molecule has 1 unspecified atom stereocenters. The van der Waals surface area contributed by atoms with Crippen LogP contribution >= 0.6 is 11.6 Å². The average molecular weight is 364 g/mol. The normalized spacial score (nSPS) is 11.9. The highest BCUT2D eigenvalue weighted by Crippen LogP contribution is 2.21. The van der Waals surface area contributed by atoms with E-state index in [1.807, 2.05) is 18.2 Å². The van der Waals surface area contributed by atoms with Gasteiger partial charge in [-0.25, -0.2) is 4.39 Å². The first-order chi connectivity index (χ1) is 11.9. The summed E-state index contributed by atoms with van der Waals surface area (Å²) in [5.74, 6) is -1.44. The van der Waals surface area contributed by atoms with Gasteiger partial charge in [0, 0.05) is 0 Å². The zero-order valence-electron chi connectivity index (χ0n) is 14.0. The van der Waals surface area contributed by atoms with Crippen molar-refractivity contribution in [2.75, 3.05) is 0 Å². The van der Waals surface area contributed by atoms with Gasteiger partial charge in [0.15, 0.2) is 0 Å². The van der Waals surface area contributed by atoms with Crippen molar-refractivity contribution in [1.82, 2.24) is 5.32 Å². The molecule has 1 amide bonds. The van der Waals surface area contributed by atoms with Crippen LogP contribution in [0.4, 0.5) is 4.39 Å². The highest BCUT2D eigenvalue weighted by molar-refractivity contribution is 6.33. The molecule has 0 saturated carbocycles. The van der Waals surface area contributed by atoms with Crippen molar-refractivity contribution in [2.24, 2.45) is 0 Å². The van der Waals surface area contributed by atoms with Gasteiger partial charge in [-0.15, -0.1) is 0 Å². The molecule has 0 aromatic heterocycles. The molecule has 1 N–H and O–H groups in total. The second-order valence-corrected chi connectivity index (χ2v) is 6.21. The Morgan fingerprint density at radius 1 is 1.16 bits per heavy atom. The maximum Gasteiger partial charge on any atom is 0.308 e. The van der Waals surface area contributed by atoms with E-state index in [1.165, 1.54) is 6.07 Å². The maximum absolute atomic E-state index is 13.2. The third-order valence-electron chi connectivity index (χ3n) is 3.42. The zero-order valence-corrected chi connectivity index (χ0v) is 14.7. The number of rotatable bonds is 6. The fourth-order valence-electron chi connectivity index (χ4n) is 2.32. The molecule has 132 valence electrons. The minimum absolute atomic E-state index is 0.00840. The van der Waals surface area contributed by atoms with Gasteiger partial charge in [0.05, 0.1) is 29.2 Å². The summed E-state index contributed by atoms with van der Waals surface area (Å²) in [4.78, 5) is 24.5. The maximum atomic E-state index is 13.2. The molecule has 1 atom stereocenters. The first kappa shape index (κ1) is 18.9. The van der Waals surface area contributed by atoms with Crippen LogP contribution in [-0.4, -0.2) is 18.0 Å². The number of carbonyl (C=O) groups excluding carboxylic acids is 2. The molecule has 0 aliphatic heterocycles. The van der Waals surface area contributed by atoms with E-state index in [0.717, 1.165) is 17.7 Å². The summed E-state index contributed by atoms with van der Waals surface area (Å²) in [6, 6.07) is 12.0. The molecule has 0 aliphatic carbocycles. The molecule has 2 aromatic carbocycles. The van der Waals surface area contributed by atoms with Crippen LogP contribution < -0.4 is 5.32 Å². The van der Waals surface area contributed by atoms with Crippen molar-refractivity contribution < 1.29 is 18.7 Å². The Balaban J connectivity index is 2.20. The smallest absolute Gasteiger partial charge is 0.308 e. The Kier molecular flexibility index (Phi) is 6.53. The standard InChI is InChI=1S/C19H19ClFNO3/c1-12(2)25-18(23)11-17(13-6-4-3-5-7-13)22-19(24)15-9-8-14(21)10-16(15)20/h3-10,12,17H,11H2,1-2H3,(H,22,24). The predicted molar refractivity (Wildman–Crippen MR) is 93.9 cm³/mol. The number of ether oxygens (including phenoxy) is 1. The van der Waals surface area contributed by atoms with Crippen molar-refractivity contribution in [3.63, 3.8) is 0 Å². The van der Waals surface area contributed by atoms with Crippen LogP contribution in [0, 0.1) is 5.82 Å². The number of carbonyl (C=O) groups is 2. The van der Waals surface area contributed by atoms with Gasteiger partial charge in [-0.2, -0.15) is 0 Å². The van der Waals surface area contributed by atoms with E-state index in [-0.39, 0.29) is 23.1 Å². The van der Waals surface area contributed by atoms with Crippen LogP contribution in [0.25, 0.3) is 0 Å². The Hall–Kier alpha value is -2.40. The van der Waals surface area contributed by atoms with Crippen molar-refractivity contribution in [2.45, 2.75) is 32.4 Å². The Morgan fingerprint density at radius 2 is 1.84 bits per heavy atom. The monoisotopic (exact) mass is 363 g/mol. The van der Waals surface area contributed by atoms with Crippen molar-refractivity contribution in [3.05, 3.63) is 70.5 Å². The second kappa shape index (κ2) is 8.62. The van der Waals surface area contributed by atoms with Crippen molar-refractivity contribution >= 4 is 23.5 Å². The lowest BCUT2D eigenvalue weighted by atomic mass is 10.0. The van der Waals surface area contributed by atoms with Gasteiger partial charge in [-0.1, -0.05) is 41.9 Å². The molecule has 25 heavy (non-hydrogen) atoms. The van der Waals surface area contributed by atoms with Gasteiger partial charge in [0.25, 0.3) is 5.91 Å². The minimum atomic E-state index is -0.582. The predicted octanol–water partition coefficient (Wildman–Crippen LogP) is 4.29. The third kappa shape index (κ3) is 5.57. The Morgan fingerprint density at radius 3 is 2.44 bits per heavy atom. The summed E-state index contributed by atoms with van der Waals surface area (Å²) >= 11 is 5.94. The summed E-state index contributed by atoms with van der Waals surface area (Å²) in [6.07, 6.45) is -0.265. The lowest BCUT2D eigenvalue weighted by molar-refractivity contribution is -0.147. The Labute approximate surface area is 150 Å². The molecule has 4 nitrogen and oxygen atoms in total. The molecule has 0 fully saturated rings. The summed E-state index contributed by atoms with van der Waals surface area (Å²) < 4.78 is 18.3.